The Labute approximate surface area is 197 Å². The van der Waals surface area contributed by atoms with Crippen LogP contribution in [0.4, 0.5) is 10.2 Å². The zero-order chi connectivity index (χ0) is 22.8. The third-order valence-electron chi connectivity index (χ3n) is 6.37. The molecule has 0 spiro atoms. The number of ether oxygens (including phenoxy) is 1. The van der Waals surface area contributed by atoms with Gasteiger partial charge in [0.05, 0.1) is 18.0 Å². The summed E-state index contributed by atoms with van der Waals surface area (Å²) in [6.07, 6.45) is 0.792. The molecule has 2 atom stereocenters. The van der Waals surface area contributed by atoms with Gasteiger partial charge in [-0.15, -0.1) is 0 Å². The van der Waals surface area contributed by atoms with Crippen molar-refractivity contribution in [2.75, 3.05) is 29.5 Å². The van der Waals surface area contributed by atoms with Crippen molar-refractivity contribution in [3.8, 4) is 11.1 Å². The second kappa shape index (κ2) is 9.69. The number of halogens is 1. The summed E-state index contributed by atoms with van der Waals surface area (Å²) in [5, 5.41) is 11.1. The molecule has 1 aromatic heterocycles. The van der Waals surface area contributed by atoms with E-state index in [9.17, 15) is 14.3 Å². The number of thioether (sulfide) groups is 1. The fourth-order valence-electron chi connectivity index (χ4n) is 4.80. The predicted octanol–water partition coefficient (Wildman–Crippen LogP) is 4.59. The van der Waals surface area contributed by atoms with Crippen LogP contribution in [0.3, 0.4) is 0 Å². The maximum absolute atomic E-state index is 13.8. The molecular weight excluding hydrogens is 439 g/mol. The van der Waals surface area contributed by atoms with E-state index in [0.717, 1.165) is 58.0 Å². The average molecular weight is 467 g/mol. The number of para-hydroxylation sites is 1. The summed E-state index contributed by atoms with van der Waals surface area (Å²) in [6, 6.07) is 14.7. The second-order valence-corrected chi connectivity index (χ2v) is 9.88. The van der Waals surface area contributed by atoms with Crippen LogP contribution < -0.4 is 4.90 Å². The molecule has 33 heavy (non-hydrogen) atoms. The summed E-state index contributed by atoms with van der Waals surface area (Å²) in [6.45, 7) is 1.84. The minimum Gasteiger partial charge on any atom is -0.462 e. The lowest BCUT2D eigenvalue weighted by molar-refractivity contribution is -0.160. The fourth-order valence-corrected chi connectivity index (χ4v) is 5.70. The largest absolute Gasteiger partial charge is 0.462 e. The van der Waals surface area contributed by atoms with Crippen LogP contribution in [0.25, 0.3) is 22.0 Å². The minimum atomic E-state index is -0.652. The number of aliphatic hydroxyl groups is 1. The first-order chi connectivity index (χ1) is 16.1. The van der Waals surface area contributed by atoms with E-state index < -0.39 is 6.10 Å². The number of aliphatic hydroxyl groups excluding tert-OH is 1. The van der Waals surface area contributed by atoms with E-state index in [-0.39, 0.29) is 24.3 Å². The van der Waals surface area contributed by atoms with Gasteiger partial charge < -0.3 is 14.7 Å². The molecule has 172 valence electrons. The summed E-state index contributed by atoms with van der Waals surface area (Å²) in [5.41, 5.74) is 3.99. The summed E-state index contributed by atoms with van der Waals surface area (Å²) in [7, 11) is 0. The standard InChI is InChI=1S/C26H27FN2O3S/c27-18-7-5-17(6-8-18)25-21-3-1-2-4-23(21)28-26(29-11-13-33-14-12-29)22(25)10-9-20-15-19(30)16-24(31)32-20/h1-8,19-20,30H,9-16H2. The third kappa shape index (κ3) is 4.84. The highest BCUT2D eigenvalue weighted by atomic mass is 32.2. The Morgan fingerprint density at radius 1 is 1.12 bits per heavy atom. The Kier molecular flexibility index (Phi) is 6.51. The van der Waals surface area contributed by atoms with Gasteiger partial charge in [-0.05, 0) is 42.2 Å². The zero-order valence-electron chi connectivity index (χ0n) is 18.4. The van der Waals surface area contributed by atoms with Crippen molar-refractivity contribution >= 4 is 34.5 Å². The lowest BCUT2D eigenvalue weighted by Crippen LogP contribution is -2.35. The van der Waals surface area contributed by atoms with Crippen molar-refractivity contribution in [3.05, 3.63) is 59.9 Å². The Morgan fingerprint density at radius 3 is 2.64 bits per heavy atom. The Balaban J connectivity index is 1.62. The summed E-state index contributed by atoms with van der Waals surface area (Å²) in [4.78, 5) is 19.3. The van der Waals surface area contributed by atoms with Crippen molar-refractivity contribution in [2.24, 2.45) is 0 Å². The SMILES string of the molecule is O=C1CC(O)CC(CCc2c(N3CCSCC3)nc3ccccc3c2-c2ccc(F)cc2)O1. The fraction of sp³-hybridized carbons (Fsp3) is 0.385. The molecule has 2 unspecified atom stereocenters. The molecule has 2 fully saturated rings. The molecular formula is C26H27FN2O3S. The third-order valence-corrected chi connectivity index (χ3v) is 7.31. The van der Waals surface area contributed by atoms with Crippen LogP contribution in [0, 0.1) is 5.82 Å². The number of rotatable bonds is 5. The first kappa shape index (κ1) is 22.2. The van der Waals surface area contributed by atoms with E-state index in [4.69, 9.17) is 9.72 Å². The van der Waals surface area contributed by atoms with Gasteiger partial charge in [-0.3, -0.25) is 4.79 Å². The second-order valence-electron chi connectivity index (χ2n) is 8.66. The van der Waals surface area contributed by atoms with Gasteiger partial charge in [-0.1, -0.05) is 30.3 Å². The van der Waals surface area contributed by atoms with E-state index in [1.807, 2.05) is 42.1 Å². The van der Waals surface area contributed by atoms with Crippen LogP contribution in [0.1, 0.15) is 24.8 Å². The number of aromatic nitrogens is 1. The number of carbonyl (C=O) groups excluding carboxylic acids is 1. The van der Waals surface area contributed by atoms with Gasteiger partial charge in [0.15, 0.2) is 0 Å². The molecule has 5 nitrogen and oxygen atoms in total. The van der Waals surface area contributed by atoms with Crippen LogP contribution in [-0.2, 0) is 16.0 Å². The molecule has 3 heterocycles. The van der Waals surface area contributed by atoms with Crippen molar-refractivity contribution in [1.29, 1.82) is 0 Å². The Morgan fingerprint density at radius 2 is 1.88 bits per heavy atom. The predicted molar refractivity (Wildman–Crippen MR) is 130 cm³/mol. The van der Waals surface area contributed by atoms with Crippen molar-refractivity contribution in [3.63, 3.8) is 0 Å². The summed E-state index contributed by atoms with van der Waals surface area (Å²) in [5.74, 6) is 2.44. The monoisotopic (exact) mass is 466 g/mol. The number of hydrogen-bond donors (Lipinski definition) is 1. The molecule has 0 aliphatic carbocycles. The molecule has 0 radical (unpaired) electrons. The lowest BCUT2D eigenvalue weighted by Gasteiger charge is -2.32. The molecule has 2 aliphatic heterocycles. The van der Waals surface area contributed by atoms with E-state index >= 15 is 0 Å². The number of cyclic esters (lactones) is 1. The molecule has 0 bridgehead atoms. The van der Waals surface area contributed by atoms with Gasteiger partial charge in [-0.2, -0.15) is 11.8 Å². The quantitative estimate of drug-likeness (QED) is 0.555. The molecule has 7 heteroatoms. The lowest BCUT2D eigenvalue weighted by atomic mass is 9.91. The average Bonchev–Trinajstić information content (AvgIpc) is 2.82. The van der Waals surface area contributed by atoms with E-state index in [1.54, 1.807) is 0 Å². The Bertz CT molecular complexity index is 1150. The first-order valence-corrected chi connectivity index (χ1v) is 12.6. The number of pyridine rings is 1. The van der Waals surface area contributed by atoms with Crippen molar-refractivity contribution in [1.82, 2.24) is 4.98 Å². The van der Waals surface area contributed by atoms with Crippen LogP contribution in [0.2, 0.25) is 0 Å². The number of nitrogens with zero attached hydrogens (tertiary/aromatic N) is 2. The van der Waals surface area contributed by atoms with Gasteiger partial charge in [-0.25, -0.2) is 9.37 Å². The highest BCUT2D eigenvalue weighted by molar-refractivity contribution is 7.99. The molecule has 3 aromatic rings. The van der Waals surface area contributed by atoms with E-state index in [1.165, 1.54) is 12.1 Å². The molecule has 0 saturated carbocycles. The molecule has 2 aliphatic rings. The van der Waals surface area contributed by atoms with Gasteiger partial charge in [0.2, 0.25) is 0 Å². The van der Waals surface area contributed by atoms with Gasteiger partial charge >= 0.3 is 5.97 Å². The van der Waals surface area contributed by atoms with Crippen LogP contribution in [0.15, 0.2) is 48.5 Å². The number of anilines is 1. The molecule has 5 rings (SSSR count). The number of fused-ring (bicyclic) bond motifs is 1. The van der Waals surface area contributed by atoms with Gasteiger partial charge in [0.1, 0.15) is 17.7 Å². The Hall–Kier alpha value is -2.64. The van der Waals surface area contributed by atoms with Crippen molar-refractivity contribution < 1.29 is 19.0 Å². The molecule has 2 saturated heterocycles. The first-order valence-electron chi connectivity index (χ1n) is 11.5. The normalized spacial score (nSPS) is 21.3. The van der Waals surface area contributed by atoms with Crippen LogP contribution in [0.5, 0.6) is 0 Å². The maximum Gasteiger partial charge on any atom is 0.308 e. The summed E-state index contributed by atoms with van der Waals surface area (Å²) < 4.78 is 19.3. The van der Waals surface area contributed by atoms with E-state index in [0.29, 0.717) is 19.3 Å². The van der Waals surface area contributed by atoms with Crippen LogP contribution >= 0.6 is 11.8 Å². The number of carbonyl (C=O) groups is 1. The van der Waals surface area contributed by atoms with Crippen LogP contribution in [-0.4, -0.2) is 52.9 Å². The highest BCUT2D eigenvalue weighted by Gasteiger charge is 2.29. The maximum atomic E-state index is 13.8. The van der Waals surface area contributed by atoms with Gasteiger partial charge in [0, 0.05) is 42.0 Å². The molecule has 1 N–H and O–H groups in total. The smallest absolute Gasteiger partial charge is 0.308 e. The topological polar surface area (TPSA) is 62.7 Å². The number of esters is 1. The molecule has 0 amide bonds. The van der Waals surface area contributed by atoms with E-state index in [2.05, 4.69) is 11.0 Å². The number of hydrogen-bond acceptors (Lipinski definition) is 6. The number of benzene rings is 2. The summed E-state index contributed by atoms with van der Waals surface area (Å²) >= 11 is 1.95. The van der Waals surface area contributed by atoms with Gasteiger partial charge in [0.25, 0.3) is 0 Å². The molecule has 2 aromatic carbocycles. The minimum absolute atomic E-state index is 0.0611. The zero-order valence-corrected chi connectivity index (χ0v) is 19.2. The highest BCUT2D eigenvalue weighted by Crippen LogP contribution is 2.38. The van der Waals surface area contributed by atoms with Crippen molar-refractivity contribution in [2.45, 2.75) is 37.9 Å².